The van der Waals surface area contributed by atoms with E-state index in [1.807, 2.05) is 4.90 Å². The monoisotopic (exact) mass is 374 g/mol. The number of ether oxygens (including phenoxy) is 1. The summed E-state index contributed by atoms with van der Waals surface area (Å²) >= 11 is 5.89. The van der Waals surface area contributed by atoms with E-state index in [2.05, 4.69) is 11.2 Å². The van der Waals surface area contributed by atoms with Gasteiger partial charge < -0.3 is 15.0 Å². The lowest BCUT2D eigenvalue weighted by Crippen LogP contribution is -2.64. The normalized spacial score (nSPS) is 22.2. The lowest BCUT2D eigenvalue weighted by molar-refractivity contribution is -0.171. The van der Waals surface area contributed by atoms with Gasteiger partial charge in [0.25, 0.3) is 0 Å². The molecule has 1 N–H and O–H groups in total. The molecule has 0 radical (unpaired) electrons. The molecule has 0 bridgehead atoms. The molecule has 2 unspecified atom stereocenters. The number of nitrogens with one attached hydrogen (secondary N) is 1. The molecule has 26 heavy (non-hydrogen) atoms. The molecule has 1 saturated heterocycles. The maximum absolute atomic E-state index is 12.4. The van der Waals surface area contributed by atoms with Crippen LogP contribution in [0.2, 0.25) is 5.02 Å². The highest BCUT2D eigenvalue weighted by Gasteiger charge is 2.48. The summed E-state index contributed by atoms with van der Waals surface area (Å²) in [7, 11) is 0. The number of benzene rings is 1. The predicted octanol–water partition coefficient (Wildman–Crippen LogP) is 2.69. The molecule has 3 rings (SSSR count). The quantitative estimate of drug-likeness (QED) is 0.824. The predicted molar refractivity (Wildman–Crippen MR) is 99.5 cm³/mol. The van der Waals surface area contributed by atoms with Crippen LogP contribution in [0.3, 0.4) is 0 Å². The number of halogens is 1. The Bertz CT molecular complexity index is 722. The molecular weight excluding hydrogens is 352 g/mol. The van der Waals surface area contributed by atoms with Crippen LogP contribution in [0.5, 0.6) is 0 Å². The second-order valence-corrected chi connectivity index (χ2v) is 7.50. The third kappa shape index (κ3) is 3.87. The molecule has 2 fully saturated rings. The van der Waals surface area contributed by atoms with Crippen molar-refractivity contribution in [3.05, 3.63) is 34.9 Å². The van der Waals surface area contributed by atoms with Crippen LogP contribution in [0.15, 0.2) is 24.3 Å². The average molecular weight is 375 g/mol. The van der Waals surface area contributed by atoms with E-state index in [1.165, 1.54) is 0 Å². The van der Waals surface area contributed by atoms with Gasteiger partial charge in [-0.2, -0.15) is 0 Å². The van der Waals surface area contributed by atoms with Gasteiger partial charge in [0.05, 0.1) is 24.7 Å². The lowest BCUT2D eigenvalue weighted by atomic mass is 9.74. The molecule has 1 saturated carbocycles. The molecule has 2 atom stereocenters. The van der Waals surface area contributed by atoms with Crippen LogP contribution >= 0.6 is 11.6 Å². The summed E-state index contributed by atoms with van der Waals surface area (Å²) in [6, 6.07) is 6.54. The number of amides is 2. The van der Waals surface area contributed by atoms with Crippen molar-refractivity contribution in [1.82, 2.24) is 10.2 Å². The van der Waals surface area contributed by atoms with Crippen LogP contribution in [0.25, 0.3) is 0 Å². The molecular formula is C20H23ClN2O3. The summed E-state index contributed by atoms with van der Waals surface area (Å²) in [5, 5.41) is 3.45. The van der Waals surface area contributed by atoms with E-state index in [9.17, 15) is 9.59 Å². The zero-order valence-electron chi connectivity index (χ0n) is 14.8. The fourth-order valence-corrected chi connectivity index (χ4v) is 3.82. The number of nitrogens with zero attached hydrogens (tertiary/aromatic N) is 1. The maximum atomic E-state index is 12.4. The van der Waals surface area contributed by atoms with E-state index in [-0.39, 0.29) is 29.9 Å². The first-order valence-electron chi connectivity index (χ1n) is 8.84. The number of carbonyl (C=O) groups is 2. The maximum Gasteiger partial charge on any atom is 0.223 e. The first-order chi connectivity index (χ1) is 12.4. The van der Waals surface area contributed by atoms with Crippen molar-refractivity contribution in [3.63, 3.8) is 0 Å². The molecule has 138 valence electrons. The largest absolute Gasteiger partial charge is 0.373 e. The molecule has 1 heterocycles. The number of terminal acetylenes is 1. The smallest absolute Gasteiger partial charge is 0.223 e. The molecule has 5 nitrogen and oxygen atoms in total. The van der Waals surface area contributed by atoms with E-state index in [1.54, 1.807) is 31.2 Å². The number of rotatable bonds is 4. The van der Waals surface area contributed by atoms with Crippen LogP contribution in [-0.4, -0.2) is 41.5 Å². The Kier molecular flexibility index (Phi) is 5.55. The molecule has 1 spiro atoms. The first kappa shape index (κ1) is 18.8. The number of carbonyl (C=O) groups excluding carboxylic acids is 2. The molecule has 0 aromatic heterocycles. The lowest BCUT2D eigenvalue weighted by Gasteiger charge is -2.54. The van der Waals surface area contributed by atoms with Crippen LogP contribution in [0.1, 0.15) is 44.2 Å². The van der Waals surface area contributed by atoms with Gasteiger partial charge in [-0.05, 0) is 37.0 Å². The van der Waals surface area contributed by atoms with Crippen LogP contribution < -0.4 is 5.32 Å². The number of hydrogen-bond donors (Lipinski definition) is 1. The Morgan fingerprint density at radius 1 is 1.42 bits per heavy atom. The molecule has 1 aromatic rings. The molecule has 1 aliphatic heterocycles. The van der Waals surface area contributed by atoms with Crippen LogP contribution in [0, 0.1) is 12.3 Å². The van der Waals surface area contributed by atoms with Gasteiger partial charge in [0.1, 0.15) is 6.04 Å². The Balaban J connectivity index is 1.58. The standard InChI is InChI=1S/C20H23ClN2O3/c1-3-18(15-5-7-16(21)8-6-15)22-19(25)11-17-12-23(14(2)24)20(13-26-17)9-4-10-20/h1,5-8,17-18H,4,9-13H2,2H3,(H,22,25). The van der Waals surface area contributed by atoms with Gasteiger partial charge in [-0.3, -0.25) is 9.59 Å². The van der Waals surface area contributed by atoms with Gasteiger partial charge in [-0.15, -0.1) is 6.42 Å². The molecule has 6 heteroatoms. The fraction of sp³-hybridized carbons (Fsp3) is 0.500. The molecule has 2 amide bonds. The molecule has 2 aliphatic rings. The summed E-state index contributed by atoms with van der Waals surface area (Å²) in [6.45, 7) is 2.53. The topological polar surface area (TPSA) is 58.6 Å². The summed E-state index contributed by atoms with van der Waals surface area (Å²) in [6.07, 6.45) is 8.49. The zero-order valence-corrected chi connectivity index (χ0v) is 15.6. The van der Waals surface area contributed by atoms with Gasteiger partial charge >= 0.3 is 0 Å². The van der Waals surface area contributed by atoms with Crippen molar-refractivity contribution < 1.29 is 14.3 Å². The van der Waals surface area contributed by atoms with Gasteiger partial charge in [-0.25, -0.2) is 0 Å². The number of hydrogen-bond acceptors (Lipinski definition) is 3. The second kappa shape index (κ2) is 7.69. The highest BCUT2D eigenvalue weighted by Crippen LogP contribution is 2.41. The van der Waals surface area contributed by atoms with Gasteiger partial charge in [-0.1, -0.05) is 29.7 Å². The first-order valence-corrected chi connectivity index (χ1v) is 9.22. The average Bonchev–Trinajstić information content (AvgIpc) is 2.59. The number of morpholine rings is 1. The van der Waals surface area contributed by atoms with Crippen molar-refractivity contribution >= 4 is 23.4 Å². The van der Waals surface area contributed by atoms with Gasteiger partial charge in [0.15, 0.2) is 0 Å². The Labute approximate surface area is 159 Å². The summed E-state index contributed by atoms with van der Waals surface area (Å²) < 4.78 is 5.90. The van der Waals surface area contributed by atoms with Gasteiger partial charge in [0.2, 0.25) is 11.8 Å². The van der Waals surface area contributed by atoms with Crippen LogP contribution in [-0.2, 0) is 14.3 Å². The fourth-order valence-electron chi connectivity index (χ4n) is 3.69. The highest BCUT2D eigenvalue weighted by atomic mass is 35.5. The third-order valence-corrected chi connectivity index (χ3v) is 5.55. The van der Waals surface area contributed by atoms with Gasteiger partial charge in [0, 0.05) is 18.5 Å². The SMILES string of the molecule is C#CC(NC(=O)CC1CN(C(C)=O)C2(CCC2)CO1)c1ccc(Cl)cc1. The minimum atomic E-state index is -0.523. The highest BCUT2D eigenvalue weighted by molar-refractivity contribution is 6.30. The summed E-state index contributed by atoms with van der Waals surface area (Å²) in [5.74, 6) is 2.43. The molecule has 1 aromatic carbocycles. The van der Waals surface area contributed by atoms with Crippen molar-refractivity contribution in [1.29, 1.82) is 0 Å². The van der Waals surface area contributed by atoms with Crippen molar-refractivity contribution in [2.24, 2.45) is 0 Å². The van der Waals surface area contributed by atoms with E-state index in [0.29, 0.717) is 18.2 Å². The summed E-state index contributed by atoms with van der Waals surface area (Å²) in [4.78, 5) is 26.3. The minimum absolute atomic E-state index is 0.0427. The van der Waals surface area contributed by atoms with Crippen molar-refractivity contribution in [3.8, 4) is 12.3 Å². The van der Waals surface area contributed by atoms with Crippen molar-refractivity contribution in [2.75, 3.05) is 13.2 Å². The van der Waals surface area contributed by atoms with E-state index < -0.39 is 6.04 Å². The Morgan fingerprint density at radius 2 is 2.12 bits per heavy atom. The van der Waals surface area contributed by atoms with E-state index in [0.717, 1.165) is 24.8 Å². The van der Waals surface area contributed by atoms with Crippen molar-refractivity contribution in [2.45, 2.75) is 50.3 Å². The Hall–Kier alpha value is -2.03. The minimum Gasteiger partial charge on any atom is -0.373 e. The van der Waals surface area contributed by atoms with E-state index >= 15 is 0 Å². The Morgan fingerprint density at radius 3 is 2.65 bits per heavy atom. The second-order valence-electron chi connectivity index (χ2n) is 7.06. The molecule has 1 aliphatic carbocycles. The zero-order chi connectivity index (χ0) is 18.7. The summed E-state index contributed by atoms with van der Waals surface area (Å²) in [5.41, 5.74) is 0.650. The van der Waals surface area contributed by atoms with E-state index in [4.69, 9.17) is 22.8 Å². The third-order valence-electron chi connectivity index (χ3n) is 5.30. The van der Waals surface area contributed by atoms with Crippen LogP contribution in [0.4, 0.5) is 0 Å².